The van der Waals surface area contributed by atoms with Crippen molar-refractivity contribution in [3.05, 3.63) is 0 Å². The molecule has 1 aliphatic carbocycles. The molecule has 5 heteroatoms. The molecule has 1 saturated heterocycles. The summed E-state index contributed by atoms with van der Waals surface area (Å²) in [5.41, 5.74) is 0. The van der Waals surface area contributed by atoms with Crippen molar-refractivity contribution >= 4 is 5.96 Å². The Bertz CT molecular complexity index is 309. The van der Waals surface area contributed by atoms with Crippen LogP contribution in [0.5, 0.6) is 0 Å². The summed E-state index contributed by atoms with van der Waals surface area (Å²) < 4.78 is 5.12. The van der Waals surface area contributed by atoms with E-state index in [2.05, 4.69) is 20.5 Å². The molecule has 1 heterocycles. The molecular weight excluding hydrogens is 264 g/mol. The molecule has 1 saturated carbocycles. The van der Waals surface area contributed by atoms with Gasteiger partial charge >= 0.3 is 0 Å². The zero-order valence-corrected chi connectivity index (χ0v) is 13.7. The van der Waals surface area contributed by atoms with Gasteiger partial charge < -0.3 is 20.3 Å². The van der Waals surface area contributed by atoms with Crippen LogP contribution in [0, 0.1) is 5.92 Å². The van der Waals surface area contributed by atoms with Crippen LogP contribution < -0.4 is 10.6 Å². The van der Waals surface area contributed by atoms with Crippen LogP contribution in [0.1, 0.15) is 38.5 Å². The summed E-state index contributed by atoms with van der Waals surface area (Å²) in [5, 5.41) is 7.03. The van der Waals surface area contributed by atoms with Gasteiger partial charge in [0.15, 0.2) is 5.96 Å². The first-order valence-corrected chi connectivity index (χ1v) is 8.50. The SMILES string of the molecule is CN=C(NCCC1CC1)NC1CCN(CCCOC)CC1. The van der Waals surface area contributed by atoms with E-state index >= 15 is 0 Å². The number of likely N-dealkylation sites (tertiary alicyclic amines) is 1. The molecule has 5 nitrogen and oxygen atoms in total. The quantitative estimate of drug-likeness (QED) is 0.404. The molecule has 2 rings (SSSR count). The van der Waals surface area contributed by atoms with E-state index in [9.17, 15) is 0 Å². The van der Waals surface area contributed by atoms with Crippen molar-refractivity contribution in [2.45, 2.75) is 44.6 Å². The Morgan fingerprint density at radius 2 is 2.00 bits per heavy atom. The van der Waals surface area contributed by atoms with E-state index in [0.717, 1.165) is 38.0 Å². The first-order valence-electron chi connectivity index (χ1n) is 8.50. The maximum absolute atomic E-state index is 5.12. The van der Waals surface area contributed by atoms with Crippen LogP contribution in [0.15, 0.2) is 4.99 Å². The molecule has 2 N–H and O–H groups in total. The molecule has 0 spiro atoms. The highest BCUT2D eigenvalue weighted by molar-refractivity contribution is 5.79. The molecule has 2 fully saturated rings. The minimum atomic E-state index is 0.566. The van der Waals surface area contributed by atoms with Gasteiger partial charge in [-0.05, 0) is 31.6 Å². The highest BCUT2D eigenvalue weighted by atomic mass is 16.5. The summed E-state index contributed by atoms with van der Waals surface area (Å²) in [6.45, 7) is 5.45. The fourth-order valence-corrected chi connectivity index (χ4v) is 2.92. The lowest BCUT2D eigenvalue weighted by atomic mass is 10.1. The molecular formula is C16H32N4O. The van der Waals surface area contributed by atoms with Gasteiger partial charge in [-0.2, -0.15) is 0 Å². The van der Waals surface area contributed by atoms with Crippen molar-refractivity contribution in [3.8, 4) is 0 Å². The third-order valence-electron chi connectivity index (χ3n) is 4.52. The number of ether oxygens (including phenoxy) is 1. The smallest absolute Gasteiger partial charge is 0.191 e. The van der Waals surface area contributed by atoms with Crippen LogP contribution >= 0.6 is 0 Å². The van der Waals surface area contributed by atoms with Crippen LogP contribution in [-0.4, -0.2) is 63.8 Å². The second kappa shape index (κ2) is 9.26. The van der Waals surface area contributed by atoms with Gasteiger partial charge in [-0.1, -0.05) is 12.8 Å². The molecule has 0 aromatic carbocycles. The zero-order valence-electron chi connectivity index (χ0n) is 13.7. The van der Waals surface area contributed by atoms with Crippen molar-refractivity contribution in [3.63, 3.8) is 0 Å². The predicted molar refractivity (Wildman–Crippen MR) is 87.8 cm³/mol. The van der Waals surface area contributed by atoms with E-state index in [1.165, 1.54) is 45.2 Å². The summed E-state index contributed by atoms with van der Waals surface area (Å²) in [6, 6.07) is 0.566. The Morgan fingerprint density at radius 1 is 1.24 bits per heavy atom. The Morgan fingerprint density at radius 3 is 2.62 bits per heavy atom. The van der Waals surface area contributed by atoms with Crippen LogP contribution in [0.4, 0.5) is 0 Å². The second-order valence-corrected chi connectivity index (χ2v) is 6.34. The number of piperidine rings is 1. The van der Waals surface area contributed by atoms with Crippen molar-refractivity contribution < 1.29 is 4.74 Å². The maximum atomic E-state index is 5.12. The van der Waals surface area contributed by atoms with Crippen molar-refractivity contribution in [2.24, 2.45) is 10.9 Å². The molecule has 122 valence electrons. The van der Waals surface area contributed by atoms with E-state index in [-0.39, 0.29) is 0 Å². The number of rotatable bonds is 8. The topological polar surface area (TPSA) is 48.9 Å². The van der Waals surface area contributed by atoms with Gasteiger partial charge in [-0.3, -0.25) is 4.99 Å². The third-order valence-corrected chi connectivity index (χ3v) is 4.52. The molecule has 0 unspecified atom stereocenters. The summed E-state index contributed by atoms with van der Waals surface area (Å²) >= 11 is 0. The number of methoxy groups -OCH3 is 1. The van der Waals surface area contributed by atoms with Crippen molar-refractivity contribution in [1.29, 1.82) is 0 Å². The average molecular weight is 296 g/mol. The molecule has 21 heavy (non-hydrogen) atoms. The van der Waals surface area contributed by atoms with E-state index < -0.39 is 0 Å². The van der Waals surface area contributed by atoms with Gasteiger partial charge in [0.25, 0.3) is 0 Å². The minimum absolute atomic E-state index is 0.566. The van der Waals surface area contributed by atoms with Gasteiger partial charge in [-0.25, -0.2) is 0 Å². The van der Waals surface area contributed by atoms with E-state index in [4.69, 9.17) is 4.74 Å². The van der Waals surface area contributed by atoms with Crippen LogP contribution in [0.3, 0.4) is 0 Å². The monoisotopic (exact) mass is 296 g/mol. The highest BCUT2D eigenvalue weighted by Gasteiger charge is 2.21. The molecule has 0 aromatic rings. The lowest BCUT2D eigenvalue weighted by molar-refractivity contribution is 0.155. The maximum Gasteiger partial charge on any atom is 0.191 e. The normalized spacial score (nSPS) is 21.5. The first kappa shape index (κ1) is 16.6. The number of hydrogen-bond donors (Lipinski definition) is 2. The lowest BCUT2D eigenvalue weighted by Crippen LogP contribution is -2.49. The van der Waals surface area contributed by atoms with E-state index in [1.54, 1.807) is 7.11 Å². The van der Waals surface area contributed by atoms with Gasteiger partial charge in [0.1, 0.15) is 0 Å². The third kappa shape index (κ3) is 6.66. The zero-order chi connectivity index (χ0) is 14.9. The molecule has 0 amide bonds. The lowest BCUT2D eigenvalue weighted by Gasteiger charge is -2.33. The second-order valence-electron chi connectivity index (χ2n) is 6.34. The van der Waals surface area contributed by atoms with Crippen molar-refractivity contribution in [1.82, 2.24) is 15.5 Å². The largest absolute Gasteiger partial charge is 0.385 e. The van der Waals surface area contributed by atoms with Gasteiger partial charge in [0, 0.05) is 53.0 Å². The van der Waals surface area contributed by atoms with Crippen molar-refractivity contribution in [2.75, 3.05) is 46.9 Å². The number of aliphatic imine (C=N–C) groups is 1. The molecule has 2 aliphatic rings. The number of guanidine groups is 1. The molecule has 1 aliphatic heterocycles. The summed E-state index contributed by atoms with van der Waals surface area (Å²) in [4.78, 5) is 6.89. The summed E-state index contributed by atoms with van der Waals surface area (Å²) in [7, 11) is 3.64. The molecule has 0 aromatic heterocycles. The summed E-state index contributed by atoms with van der Waals surface area (Å²) in [5.74, 6) is 1.96. The fourth-order valence-electron chi connectivity index (χ4n) is 2.92. The Labute approximate surface area is 129 Å². The first-order chi connectivity index (χ1) is 10.3. The van der Waals surface area contributed by atoms with Gasteiger partial charge in [-0.15, -0.1) is 0 Å². The van der Waals surface area contributed by atoms with Crippen LogP contribution in [0.25, 0.3) is 0 Å². The van der Waals surface area contributed by atoms with E-state index in [0.29, 0.717) is 6.04 Å². The molecule has 0 atom stereocenters. The predicted octanol–water partition coefficient (Wildman–Crippen LogP) is 1.45. The minimum Gasteiger partial charge on any atom is -0.385 e. The van der Waals surface area contributed by atoms with E-state index in [1.807, 2.05) is 7.05 Å². The Balaban J connectivity index is 1.57. The van der Waals surface area contributed by atoms with Gasteiger partial charge in [0.05, 0.1) is 0 Å². The Hall–Kier alpha value is -0.810. The summed E-state index contributed by atoms with van der Waals surface area (Å²) in [6.07, 6.45) is 7.69. The van der Waals surface area contributed by atoms with Crippen LogP contribution in [-0.2, 0) is 4.74 Å². The number of nitrogens with zero attached hydrogens (tertiary/aromatic N) is 2. The number of nitrogens with one attached hydrogen (secondary N) is 2. The standard InChI is InChI=1S/C16H32N4O/c1-17-16(18-9-6-14-4-5-14)19-15-7-11-20(12-8-15)10-3-13-21-2/h14-15H,3-13H2,1-2H3,(H2,17,18,19). The number of hydrogen-bond acceptors (Lipinski definition) is 3. The molecule has 0 radical (unpaired) electrons. The Kier molecular flexibility index (Phi) is 7.30. The van der Waals surface area contributed by atoms with Crippen LogP contribution in [0.2, 0.25) is 0 Å². The fraction of sp³-hybridized carbons (Fsp3) is 0.938. The average Bonchev–Trinajstić information content (AvgIpc) is 3.32. The highest BCUT2D eigenvalue weighted by Crippen LogP contribution is 2.31. The van der Waals surface area contributed by atoms with Gasteiger partial charge in [0.2, 0.25) is 0 Å². The molecule has 0 bridgehead atoms.